The molecule has 2 saturated heterocycles. The normalized spacial score (nSPS) is 24.5. The molecule has 2 fully saturated rings. The summed E-state index contributed by atoms with van der Waals surface area (Å²) in [6.45, 7) is 1.01. The summed E-state index contributed by atoms with van der Waals surface area (Å²) in [4.78, 5) is 40.8. The topological polar surface area (TPSA) is 115 Å². The number of hydrogen-bond donors (Lipinski definition) is 4. The van der Waals surface area contributed by atoms with Gasteiger partial charge in [0.1, 0.15) is 12.1 Å². The molecule has 0 saturated carbocycles. The van der Waals surface area contributed by atoms with Crippen molar-refractivity contribution in [1.82, 2.24) is 26.2 Å². The zero-order valence-corrected chi connectivity index (χ0v) is 15.1. The van der Waals surface area contributed by atoms with E-state index in [-0.39, 0.29) is 18.4 Å². The number of carbonyl (C=O) groups excluding carboxylic acids is 3. The Labute approximate surface area is 154 Å². The van der Waals surface area contributed by atoms with Gasteiger partial charge in [0, 0.05) is 20.1 Å². The van der Waals surface area contributed by atoms with E-state index in [4.69, 9.17) is 0 Å². The van der Waals surface area contributed by atoms with Crippen molar-refractivity contribution in [3.05, 3.63) is 0 Å². The number of nitrogens with one attached hydrogen (secondary N) is 4. The SMILES string of the molecule is CN=C(NCC(=O)NCC(F)(F)F)N1CCC(C2(C)NC(=O)NC2=O)CC1. The van der Waals surface area contributed by atoms with E-state index in [9.17, 15) is 27.6 Å². The van der Waals surface area contributed by atoms with Gasteiger partial charge in [0.2, 0.25) is 5.91 Å². The van der Waals surface area contributed by atoms with Crippen molar-refractivity contribution in [1.29, 1.82) is 0 Å². The molecule has 2 aliphatic rings. The first-order valence-electron chi connectivity index (χ1n) is 8.48. The fourth-order valence-electron chi connectivity index (χ4n) is 3.27. The Kier molecular flexibility index (Phi) is 6.16. The average Bonchev–Trinajstić information content (AvgIpc) is 2.86. The van der Waals surface area contributed by atoms with Crippen LogP contribution in [0.4, 0.5) is 18.0 Å². The number of amides is 4. The molecule has 0 spiro atoms. The molecule has 1 atom stereocenters. The predicted octanol–water partition coefficient (Wildman–Crippen LogP) is -0.450. The van der Waals surface area contributed by atoms with Gasteiger partial charge >= 0.3 is 12.2 Å². The van der Waals surface area contributed by atoms with E-state index < -0.39 is 30.2 Å². The zero-order chi connectivity index (χ0) is 20.2. The molecule has 0 aliphatic carbocycles. The van der Waals surface area contributed by atoms with Gasteiger partial charge in [-0.3, -0.25) is 19.9 Å². The molecule has 4 amide bonds. The molecule has 0 aromatic rings. The van der Waals surface area contributed by atoms with E-state index in [1.165, 1.54) is 7.05 Å². The number of guanidine groups is 1. The minimum atomic E-state index is -4.46. The monoisotopic (exact) mass is 392 g/mol. The number of halogens is 3. The van der Waals surface area contributed by atoms with Crippen molar-refractivity contribution in [3.8, 4) is 0 Å². The second-order valence-corrected chi connectivity index (χ2v) is 6.66. The van der Waals surface area contributed by atoms with Gasteiger partial charge in [-0.2, -0.15) is 13.2 Å². The van der Waals surface area contributed by atoms with Crippen molar-refractivity contribution in [2.75, 3.05) is 33.2 Å². The number of nitrogens with zero attached hydrogens (tertiary/aromatic N) is 2. The highest BCUT2D eigenvalue weighted by atomic mass is 19.4. The van der Waals surface area contributed by atoms with Crippen LogP contribution in [0, 0.1) is 5.92 Å². The first kappa shape index (κ1) is 20.8. The minimum absolute atomic E-state index is 0.0617. The smallest absolute Gasteiger partial charge is 0.347 e. The third-order valence-corrected chi connectivity index (χ3v) is 4.79. The Morgan fingerprint density at radius 3 is 2.41 bits per heavy atom. The lowest BCUT2D eigenvalue weighted by Crippen LogP contribution is -2.56. The molecule has 12 heteroatoms. The lowest BCUT2D eigenvalue weighted by molar-refractivity contribution is -0.137. The molecule has 27 heavy (non-hydrogen) atoms. The molecule has 2 rings (SSSR count). The maximum atomic E-state index is 12.1. The number of hydrogen-bond acceptors (Lipinski definition) is 4. The second-order valence-electron chi connectivity index (χ2n) is 6.66. The zero-order valence-electron chi connectivity index (χ0n) is 15.1. The van der Waals surface area contributed by atoms with Gasteiger partial charge in [0.25, 0.3) is 5.91 Å². The Morgan fingerprint density at radius 2 is 1.93 bits per heavy atom. The third kappa shape index (κ3) is 5.23. The molecule has 0 bridgehead atoms. The first-order valence-corrected chi connectivity index (χ1v) is 8.48. The number of piperidine rings is 1. The molecule has 0 radical (unpaired) electrons. The molecule has 4 N–H and O–H groups in total. The molecule has 2 aliphatic heterocycles. The quantitative estimate of drug-likeness (QED) is 0.294. The van der Waals surface area contributed by atoms with Crippen molar-refractivity contribution < 1.29 is 27.6 Å². The number of alkyl halides is 3. The van der Waals surface area contributed by atoms with Crippen molar-refractivity contribution in [3.63, 3.8) is 0 Å². The fourth-order valence-corrected chi connectivity index (χ4v) is 3.27. The number of imide groups is 1. The van der Waals surface area contributed by atoms with E-state index >= 15 is 0 Å². The van der Waals surface area contributed by atoms with Gasteiger partial charge < -0.3 is 20.9 Å². The Morgan fingerprint density at radius 1 is 1.30 bits per heavy atom. The summed E-state index contributed by atoms with van der Waals surface area (Å²) in [5, 5.41) is 9.42. The summed E-state index contributed by atoms with van der Waals surface area (Å²) >= 11 is 0. The van der Waals surface area contributed by atoms with Crippen LogP contribution in [0.5, 0.6) is 0 Å². The maximum absolute atomic E-state index is 12.1. The summed E-state index contributed by atoms with van der Waals surface area (Å²) < 4.78 is 36.3. The number of urea groups is 1. The summed E-state index contributed by atoms with van der Waals surface area (Å²) in [5.74, 6) is -0.815. The molecule has 9 nitrogen and oxygen atoms in total. The average molecular weight is 392 g/mol. The van der Waals surface area contributed by atoms with Crippen molar-refractivity contribution in [2.24, 2.45) is 10.9 Å². The molecule has 2 heterocycles. The van der Waals surface area contributed by atoms with Gasteiger partial charge in [-0.15, -0.1) is 0 Å². The molecule has 152 valence electrons. The summed E-state index contributed by atoms with van der Waals surface area (Å²) in [5.41, 5.74) is -0.961. The Balaban J connectivity index is 1.82. The second kappa shape index (κ2) is 8.01. The number of rotatable bonds is 4. The third-order valence-electron chi connectivity index (χ3n) is 4.79. The van der Waals surface area contributed by atoms with Gasteiger partial charge in [0.05, 0.1) is 6.54 Å². The standard InChI is InChI=1S/C15H23F3N6O3/c1-14(11(26)22-13(27)23-14)9-3-5-24(6-4-9)12(19-2)20-7-10(25)21-8-15(16,17)18/h9H,3-8H2,1-2H3,(H,19,20)(H,21,25)(H2,22,23,26,27). The highest BCUT2D eigenvalue weighted by Gasteiger charge is 2.48. The van der Waals surface area contributed by atoms with Gasteiger partial charge in [0.15, 0.2) is 5.96 Å². The largest absolute Gasteiger partial charge is 0.405 e. The van der Waals surface area contributed by atoms with Crippen LogP contribution in [0.15, 0.2) is 4.99 Å². The van der Waals surface area contributed by atoms with Crippen LogP contribution in [0.3, 0.4) is 0 Å². The Hall–Kier alpha value is -2.53. The van der Waals surface area contributed by atoms with Gasteiger partial charge in [-0.1, -0.05) is 0 Å². The van der Waals surface area contributed by atoms with E-state index in [1.807, 2.05) is 4.90 Å². The molecule has 0 aromatic heterocycles. The van der Waals surface area contributed by atoms with Crippen molar-refractivity contribution >= 4 is 23.8 Å². The molecular weight excluding hydrogens is 369 g/mol. The maximum Gasteiger partial charge on any atom is 0.405 e. The van der Waals surface area contributed by atoms with Crippen LogP contribution < -0.4 is 21.3 Å². The van der Waals surface area contributed by atoms with E-state index in [0.29, 0.717) is 31.9 Å². The highest BCUT2D eigenvalue weighted by molar-refractivity contribution is 6.07. The van der Waals surface area contributed by atoms with E-state index in [0.717, 1.165) is 0 Å². The summed E-state index contributed by atoms with van der Waals surface area (Å²) in [7, 11) is 1.51. The lowest BCUT2D eigenvalue weighted by atomic mass is 9.79. The summed E-state index contributed by atoms with van der Waals surface area (Å²) in [6, 6.07) is -0.507. The fraction of sp³-hybridized carbons (Fsp3) is 0.733. The lowest BCUT2D eigenvalue weighted by Gasteiger charge is -2.39. The van der Waals surface area contributed by atoms with Crippen LogP contribution in [-0.4, -0.2) is 73.6 Å². The number of aliphatic imine (C=N–C) groups is 1. The number of likely N-dealkylation sites (tertiary alicyclic amines) is 1. The predicted molar refractivity (Wildman–Crippen MR) is 89.8 cm³/mol. The van der Waals surface area contributed by atoms with E-state index in [1.54, 1.807) is 12.2 Å². The van der Waals surface area contributed by atoms with Gasteiger partial charge in [-0.05, 0) is 25.7 Å². The van der Waals surface area contributed by atoms with Crippen LogP contribution in [-0.2, 0) is 9.59 Å². The Bertz CT molecular complexity index is 631. The minimum Gasteiger partial charge on any atom is -0.347 e. The van der Waals surface area contributed by atoms with Crippen LogP contribution in [0.1, 0.15) is 19.8 Å². The van der Waals surface area contributed by atoms with Crippen LogP contribution in [0.2, 0.25) is 0 Å². The molecule has 0 aromatic carbocycles. The van der Waals surface area contributed by atoms with Gasteiger partial charge in [-0.25, -0.2) is 4.79 Å². The van der Waals surface area contributed by atoms with Crippen molar-refractivity contribution in [2.45, 2.75) is 31.5 Å². The summed E-state index contributed by atoms with van der Waals surface area (Å²) in [6.07, 6.45) is -3.26. The highest BCUT2D eigenvalue weighted by Crippen LogP contribution is 2.30. The molecule has 1 unspecified atom stereocenters. The number of carbonyl (C=O) groups is 3. The molecular formula is C15H23F3N6O3. The van der Waals surface area contributed by atoms with E-state index in [2.05, 4.69) is 20.9 Å². The van der Waals surface area contributed by atoms with Crippen LogP contribution >= 0.6 is 0 Å². The first-order chi connectivity index (χ1) is 12.5. The van der Waals surface area contributed by atoms with Crippen LogP contribution in [0.25, 0.3) is 0 Å².